The Bertz CT molecular complexity index is 675. The summed E-state index contributed by atoms with van der Waals surface area (Å²) < 4.78 is 31.9. The molecule has 0 bridgehead atoms. The predicted octanol–water partition coefficient (Wildman–Crippen LogP) is 2.89. The average molecular weight is 308 g/mol. The third kappa shape index (κ3) is 4.34. The number of furan rings is 1. The maximum Gasteiger partial charge on any atom is 0.240 e. The SMILES string of the molecule is CCCNS(=O)(=O)c1ccc(NCc2ccc(C)o2)cc1. The molecule has 0 radical (unpaired) electrons. The molecule has 0 atom stereocenters. The van der Waals surface area contributed by atoms with Gasteiger partial charge in [0.05, 0.1) is 11.4 Å². The van der Waals surface area contributed by atoms with E-state index >= 15 is 0 Å². The lowest BCUT2D eigenvalue weighted by molar-refractivity contribution is 0.490. The highest BCUT2D eigenvalue weighted by atomic mass is 32.2. The van der Waals surface area contributed by atoms with Crippen molar-refractivity contribution >= 4 is 15.7 Å². The molecule has 1 heterocycles. The molecule has 0 aliphatic heterocycles. The number of anilines is 1. The van der Waals surface area contributed by atoms with Crippen LogP contribution in [0.4, 0.5) is 5.69 Å². The van der Waals surface area contributed by atoms with E-state index in [9.17, 15) is 8.42 Å². The molecule has 1 aromatic carbocycles. The quantitative estimate of drug-likeness (QED) is 0.825. The first-order chi connectivity index (χ1) is 10.0. The summed E-state index contributed by atoms with van der Waals surface area (Å²) in [7, 11) is -3.40. The Kier molecular flexibility index (Phi) is 5.03. The van der Waals surface area contributed by atoms with Crippen molar-refractivity contribution in [2.75, 3.05) is 11.9 Å². The third-order valence-electron chi connectivity index (χ3n) is 2.97. The Labute approximate surface area is 125 Å². The van der Waals surface area contributed by atoms with Crippen molar-refractivity contribution in [1.29, 1.82) is 0 Å². The van der Waals surface area contributed by atoms with Crippen LogP contribution in [0, 0.1) is 6.92 Å². The Morgan fingerprint density at radius 1 is 1.10 bits per heavy atom. The summed E-state index contributed by atoms with van der Waals surface area (Å²) in [5.41, 5.74) is 0.846. The van der Waals surface area contributed by atoms with Gasteiger partial charge < -0.3 is 9.73 Å². The molecule has 0 saturated carbocycles. The zero-order valence-electron chi connectivity index (χ0n) is 12.2. The highest BCUT2D eigenvalue weighted by molar-refractivity contribution is 7.89. The number of hydrogen-bond acceptors (Lipinski definition) is 4. The van der Waals surface area contributed by atoms with Crippen LogP contribution in [0.3, 0.4) is 0 Å². The van der Waals surface area contributed by atoms with Gasteiger partial charge >= 0.3 is 0 Å². The second-order valence-electron chi connectivity index (χ2n) is 4.79. The fourth-order valence-corrected chi connectivity index (χ4v) is 2.97. The van der Waals surface area contributed by atoms with Crippen molar-refractivity contribution in [3.63, 3.8) is 0 Å². The molecular weight excluding hydrogens is 288 g/mol. The fraction of sp³-hybridized carbons (Fsp3) is 0.333. The Morgan fingerprint density at radius 2 is 1.81 bits per heavy atom. The Morgan fingerprint density at radius 3 is 2.38 bits per heavy atom. The Balaban J connectivity index is 1.98. The van der Waals surface area contributed by atoms with Gasteiger partial charge in [0.1, 0.15) is 11.5 Å². The second-order valence-corrected chi connectivity index (χ2v) is 6.56. The van der Waals surface area contributed by atoms with Crippen molar-refractivity contribution < 1.29 is 12.8 Å². The molecule has 0 spiro atoms. The summed E-state index contributed by atoms with van der Waals surface area (Å²) in [4.78, 5) is 0.273. The molecule has 0 unspecified atom stereocenters. The van der Waals surface area contributed by atoms with Gasteiger partial charge in [0, 0.05) is 12.2 Å². The summed E-state index contributed by atoms with van der Waals surface area (Å²) >= 11 is 0. The molecule has 2 rings (SSSR count). The van der Waals surface area contributed by atoms with Gasteiger partial charge in [-0.25, -0.2) is 13.1 Å². The minimum absolute atomic E-state index is 0.273. The maximum absolute atomic E-state index is 11.9. The van der Waals surface area contributed by atoms with E-state index in [2.05, 4.69) is 10.0 Å². The number of rotatable bonds is 7. The number of nitrogens with one attached hydrogen (secondary N) is 2. The highest BCUT2D eigenvalue weighted by Gasteiger charge is 2.12. The number of hydrogen-bond donors (Lipinski definition) is 2. The van der Waals surface area contributed by atoms with Crippen LogP contribution in [0.2, 0.25) is 0 Å². The van der Waals surface area contributed by atoms with Crippen LogP contribution < -0.4 is 10.0 Å². The third-order valence-corrected chi connectivity index (χ3v) is 4.45. The molecule has 0 saturated heterocycles. The van der Waals surface area contributed by atoms with Crippen LogP contribution in [0.15, 0.2) is 45.7 Å². The van der Waals surface area contributed by atoms with E-state index in [4.69, 9.17) is 4.42 Å². The van der Waals surface area contributed by atoms with Gasteiger partial charge in [-0.2, -0.15) is 0 Å². The molecule has 5 nitrogen and oxygen atoms in total. The maximum atomic E-state index is 11.9. The normalized spacial score (nSPS) is 11.5. The lowest BCUT2D eigenvalue weighted by Crippen LogP contribution is -2.24. The number of sulfonamides is 1. The van der Waals surface area contributed by atoms with Crippen LogP contribution in [0.5, 0.6) is 0 Å². The minimum atomic E-state index is -3.40. The minimum Gasteiger partial charge on any atom is -0.465 e. The van der Waals surface area contributed by atoms with Gasteiger partial charge in [0.15, 0.2) is 0 Å². The Hall–Kier alpha value is -1.79. The highest BCUT2D eigenvalue weighted by Crippen LogP contribution is 2.15. The summed E-state index contributed by atoms with van der Waals surface area (Å²) in [6.07, 6.45) is 0.765. The van der Waals surface area contributed by atoms with Crippen LogP contribution in [0.25, 0.3) is 0 Å². The van der Waals surface area contributed by atoms with Gasteiger partial charge in [-0.05, 0) is 49.7 Å². The molecule has 2 aromatic rings. The topological polar surface area (TPSA) is 71.3 Å². The number of benzene rings is 1. The van der Waals surface area contributed by atoms with E-state index in [0.29, 0.717) is 13.1 Å². The lowest BCUT2D eigenvalue weighted by Gasteiger charge is -2.08. The van der Waals surface area contributed by atoms with E-state index in [1.807, 2.05) is 26.0 Å². The predicted molar refractivity (Wildman–Crippen MR) is 82.7 cm³/mol. The zero-order valence-corrected chi connectivity index (χ0v) is 13.0. The van der Waals surface area contributed by atoms with Crippen molar-refractivity contribution in [2.45, 2.75) is 31.7 Å². The molecule has 0 fully saturated rings. The molecule has 114 valence electrons. The lowest BCUT2D eigenvalue weighted by atomic mass is 10.3. The first-order valence-corrected chi connectivity index (χ1v) is 8.38. The average Bonchev–Trinajstić information content (AvgIpc) is 2.89. The smallest absolute Gasteiger partial charge is 0.240 e. The van der Waals surface area contributed by atoms with E-state index in [1.54, 1.807) is 24.3 Å². The van der Waals surface area contributed by atoms with Crippen LogP contribution in [-0.2, 0) is 16.6 Å². The summed E-state index contributed by atoms with van der Waals surface area (Å²) in [6, 6.07) is 10.5. The standard InChI is InChI=1S/C15H20N2O3S/c1-3-10-17-21(18,19)15-8-5-13(6-9-15)16-11-14-7-4-12(2)20-14/h4-9,16-17H,3,10-11H2,1-2H3. The van der Waals surface area contributed by atoms with Crippen molar-refractivity contribution in [1.82, 2.24) is 4.72 Å². The molecule has 0 aliphatic carbocycles. The van der Waals surface area contributed by atoms with Gasteiger partial charge in [-0.15, -0.1) is 0 Å². The number of aryl methyl sites for hydroxylation is 1. The van der Waals surface area contributed by atoms with Gasteiger partial charge in [0.25, 0.3) is 0 Å². The first kappa shape index (κ1) is 15.6. The molecule has 1 aromatic heterocycles. The van der Waals surface area contributed by atoms with Crippen molar-refractivity contribution in [3.05, 3.63) is 47.9 Å². The van der Waals surface area contributed by atoms with Crippen molar-refractivity contribution in [3.8, 4) is 0 Å². The van der Waals surface area contributed by atoms with E-state index in [1.165, 1.54) is 0 Å². The first-order valence-electron chi connectivity index (χ1n) is 6.90. The van der Waals surface area contributed by atoms with Crippen LogP contribution in [-0.4, -0.2) is 15.0 Å². The van der Waals surface area contributed by atoms with Crippen LogP contribution >= 0.6 is 0 Å². The van der Waals surface area contributed by atoms with Gasteiger partial charge in [-0.3, -0.25) is 0 Å². The van der Waals surface area contributed by atoms with Crippen molar-refractivity contribution in [2.24, 2.45) is 0 Å². The largest absolute Gasteiger partial charge is 0.465 e. The monoisotopic (exact) mass is 308 g/mol. The molecule has 6 heteroatoms. The molecule has 0 amide bonds. The second kappa shape index (κ2) is 6.78. The van der Waals surface area contributed by atoms with Gasteiger partial charge in [-0.1, -0.05) is 6.92 Å². The summed E-state index contributed by atoms with van der Waals surface area (Å²) in [5.74, 6) is 1.71. The zero-order chi connectivity index (χ0) is 15.3. The van der Waals surface area contributed by atoms with E-state index in [0.717, 1.165) is 23.6 Å². The van der Waals surface area contributed by atoms with Crippen LogP contribution in [0.1, 0.15) is 24.9 Å². The van der Waals surface area contributed by atoms with E-state index < -0.39 is 10.0 Å². The van der Waals surface area contributed by atoms with Gasteiger partial charge in [0.2, 0.25) is 10.0 Å². The molecule has 21 heavy (non-hydrogen) atoms. The molecular formula is C15H20N2O3S. The fourth-order valence-electron chi connectivity index (χ4n) is 1.84. The molecule has 2 N–H and O–H groups in total. The molecule has 0 aliphatic rings. The summed E-state index contributed by atoms with van der Waals surface area (Å²) in [5, 5.41) is 3.19. The van der Waals surface area contributed by atoms with E-state index in [-0.39, 0.29) is 4.90 Å². The summed E-state index contributed by atoms with van der Waals surface area (Å²) in [6.45, 7) is 4.83.